The molecule has 0 saturated carbocycles. The van der Waals surface area contributed by atoms with E-state index in [1.165, 1.54) is 11.6 Å². The van der Waals surface area contributed by atoms with Crippen LogP contribution in [0.15, 0.2) is 67.4 Å². The molecule has 0 unspecified atom stereocenters. The van der Waals surface area contributed by atoms with Gasteiger partial charge in [-0.2, -0.15) is 4.98 Å². The fraction of sp³-hybridized carbons (Fsp3) is 0.174. The van der Waals surface area contributed by atoms with Crippen molar-refractivity contribution in [2.45, 2.75) is 27.7 Å². The number of amides is 1. The molecule has 0 radical (unpaired) electrons. The van der Waals surface area contributed by atoms with E-state index >= 15 is 0 Å². The van der Waals surface area contributed by atoms with Gasteiger partial charge in [0.05, 0.1) is 0 Å². The number of aryl methyl sites for hydroxylation is 2. The van der Waals surface area contributed by atoms with Gasteiger partial charge in [-0.05, 0) is 55.8 Å². The molecule has 3 rings (SSSR count). The number of nitrogens with zero attached hydrogens (tertiary/aromatic N) is 2. The van der Waals surface area contributed by atoms with Gasteiger partial charge in [0.2, 0.25) is 11.9 Å². The van der Waals surface area contributed by atoms with Crippen LogP contribution in [0.4, 0.5) is 28.8 Å². The van der Waals surface area contributed by atoms with Crippen molar-refractivity contribution in [2.24, 2.45) is 0 Å². The summed E-state index contributed by atoms with van der Waals surface area (Å²) in [5.74, 6) is 0.931. The molecule has 0 fully saturated rings. The van der Waals surface area contributed by atoms with E-state index in [-0.39, 0.29) is 5.91 Å². The van der Waals surface area contributed by atoms with E-state index in [0.717, 1.165) is 22.8 Å². The first kappa shape index (κ1) is 21.6. The zero-order chi connectivity index (χ0) is 21.2. The van der Waals surface area contributed by atoms with Gasteiger partial charge in [-0.25, -0.2) is 4.98 Å². The molecular formula is C23H27N5O. The van der Waals surface area contributed by atoms with E-state index in [9.17, 15) is 4.79 Å². The van der Waals surface area contributed by atoms with Crippen molar-refractivity contribution >= 4 is 34.7 Å². The number of hydrogen-bond donors (Lipinski definition) is 3. The summed E-state index contributed by atoms with van der Waals surface area (Å²) in [4.78, 5) is 20.3. The van der Waals surface area contributed by atoms with Crippen LogP contribution in [0.1, 0.15) is 25.0 Å². The normalized spacial score (nSPS) is 9.66. The molecule has 3 N–H and O–H groups in total. The lowest BCUT2D eigenvalue weighted by Gasteiger charge is -2.12. The molecule has 150 valence electrons. The van der Waals surface area contributed by atoms with Crippen LogP contribution in [0.3, 0.4) is 0 Å². The van der Waals surface area contributed by atoms with Crippen LogP contribution in [0.25, 0.3) is 0 Å². The van der Waals surface area contributed by atoms with Crippen molar-refractivity contribution < 1.29 is 4.79 Å². The van der Waals surface area contributed by atoms with Crippen LogP contribution in [0.5, 0.6) is 0 Å². The Balaban J connectivity index is 0.00000145. The SMILES string of the molecule is C=CC(=O)Nc1cccc(Nc2ncc(C)c(Nc3cccc(C)c3)n2)c1.CC. The monoisotopic (exact) mass is 389 g/mol. The first-order valence-corrected chi connectivity index (χ1v) is 9.51. The van der Waals surface area contributed by atoms with Gasteiger partial charge in [0.15, 0.2) is 0 Å². The lowest BCUT2D eigenvalue weighted by Crippen LogP contribution is -2.07. The minimum absolute atomic E-state index is 0.261. The van der Waals surface area contributed by atoms with Crippen LogP contribution in [0, 0.1) is 13.8 Å². The molecule has 6 heteroatoms. The maximum absolute atomic E-state index is 11.4. The van der Waals surface area contributed by atoms with Crippen molar-refractivity contribution in [1.29, 1.82) is 0 Å². The van der Waals surface area contributed by atoms with Crippen molar-refractivity contribution in [3.05, 3.63) is 78.5 Å². The maximum atomic E-state index is 11.4. The van der Waals surface area contributed by atoms with Crippen molar-refractivity contribution in [2.75, 3.05) is 16.0 Å². The van der Waals surface area contributed by atoms with Crippen molar-refractivity contribution in [3.63, 3.8) is 0 Å². The van der Waals surface area contributed by atoms with Gasteiger partial charge >= 0.3 is 0 Å². The molecule has 0 atom stereocenters. The van der Waals surface area contributed by atoms with Crippen LogP contribution in [0.2, 0.25) is 0 Å². The Labute approximate surface area is 172 Å². The van der Waals surface area contributed by atoms with E-state index < -0.39 is 0 Å². The summed E-state index contributed by atoms with van der Waals surface area (Å²) >= 11 is 0. The lowest BCUT2D eigenvalue weighted by molar-refractivity contribution is -0.111. The number of anilines is 5. The molecule has 1 aromatic heterocycles. The highest BCUT2D eigenvalue weighted by molar-refractivity contribution is 5.99. The van der Waals surface area contributed by atoms with Crippen LogP contribution in [-0.4, -0.2) is 15.9 Å². The van der Waals surface area contributed by atoms with Crippen LogP contribution >= 0.6 is 0 Å². The molecule has 2 aromatic carbocycles. The van der Waals surface area contributed by atoms with E-state index in [1.54, 1.807) is 18.3 Å². The molecule has 0 bridgehead atoms. The second-order valence-corrected chi connectivity index (χ2v) is 6.12. The molecule has 0 aliphatic heterocycles. The summed E-state index contributed by atoms with van der Waals surface area (Å²) in [5.41, 5.74) is 4.51. The third-order valence-electron chi connectivity index (χ3n) is 3.82. The molecule has 0 aliphatic carbocycles. The van der Waals surface area contributed by atoms with Gasteiger partial charge in [-0.15, -0.1) is 0 Å². The summed E-state index contributed by atoms with van der Waals surface area (Å²) < 4.78 is 0. The van der Waals surface area contributed by atoms with E-state index in [1.807, 2.05) is 58.0 Å². The van der Waals surface area contributed by atoms with E-state index in [2.05, 4.69) is 38.6 Å². The summed E-state index contributed by atoms with van der Waals surface area (Å²) in [6, 6.07) is 15.4. The predicted octanol–water partition coefficient (Wildman–Crippen LogP) is 5.73. The van der Waals surface area contributed by atoms with E-state index in [4.69, 9.17) is 0 Å². The summed E-state index contributed by atoms with van der Waals surface area (Å²) in [5, 5.41) is 9.21. The second-order valence-electron chi connectivity index (χ2n) is 6.12. The van der Waals surface area contributed by atoms with Gasteiger partial charge in [0.1, 0.15) is 5.82 Å². The van der Waals surface area contributed by atoms with Gasteiger partial charge in [-0.1, -0.05) is 38.6 Å². The number of rotatable bonds is 6. The number of nitrogens with one attached hydrogen (secondary N) is 3. The number of benzene rings is 2. The second kappa shape index (κ2) is 10.6. The maximum Gasteiger partial charge on any atom is 0.247 e. The third-order valence-corrected chi connectivity index (χ3v) is 3.82. The Morgan fingerprint density at radius 1 is 0.966 bits per heavy atom. The van der Waals surface area contributed by atoms with Crippen LogP contribution < -0.4 is 16.0 Å². The fourth-order valence-corrected chi connectivity index (χ4v) is 2.49. The van der Waals surface area contributed by atoms with E-state index in [0.29, 0.717) is 11.6 Å². The average molecular weight is 390 g/mol. The largest absolute Gasteiger partial charge is 0.340 e. The molecule has 29 heavy (non-hydrogen) atoms. The van der Waals surface area contributed by atoms with Gasteiger partial charge in [0.25, 0.3) is 0 Å². The zero-order valence-corrected chi connectivity index (χ0v) is 17.3. The fourth-order valence-electron chi connectivity index (χ4n) is 2.49. The summed E-state index contributed by atoms with van der Waals surface area (Å²) in [6.45, 7) is 11.4. The smallest absolute Gasteiger partial charge is 0.247 e. The molecular weight excluding hydrogens is 362 g/mol. The highest BCUT2D eigenvalue weighted by Gasteiger charge is 2.06. The van der Waals surface area contributed by atoms with Crippen molar-refractivity contribution in [1.82, 2.24) is 9.97 Å². The molecule has 0 spiro atoms. The highest BCUT2D eigenvalue weighted by Crippen LogP contribution is 2.22. The third kappa shape index (κ3) is 6.46. The Bertz CT molecular complexity index is 985. The average Bonchev–Trinajstić information content (AvgIpc) is 2.72. The standard InChI is InChI=1S/C21H21N5O.C2H6/c1-4-19(27)23-17-9-6-10-18(12-17)25-21-22-13-15(3)20(26-21)24-16-8-5-7-14(2)11-16;1-2/h4-13H,1H2,2-3H3,(H,23,27)(H2,22,24,25,26);1-2H3. The Morgan fingerprint density at radius 2 is 1.62 bits per heavy atom. The minimum Gasteiger partial charge on any atom is -0.340 e. The minimum atomic E-state index is -0.261. The molecule has 0 saturated heterocycles. The molecule has 3 aromatic rings. The van der Waals surface area contributed by atoms with Crippen LogP contribution in [-0.2, 0) is 4.79 Å². The lowest BCUT2D eigenvalue weighted by atomic mass is 10.2. The molecule has 6 nitrogen and oxygen atoms in total. The first-order valence-electron chi connectivity index (χ1n) is 9.51. The first-order chi connectivity index (χ1) is 14.0. The predicted molar refractivity (Wildman–Crippen MR) is 121 cm³/mol. The Morgan fingerprint density at radius 3 is 2.31 bits per heavy atom. The summed E-state index contributed by atoms with van der Waals surface area (Å²) in [6.07, 6.45) is 2.99. The number of aromatic nitrogens is 2. The number of carbonyl (C=O) groups is 1. The van der Waals surface area contributed by atoms with Gasteiger partial charge < -0.3 is 16.0 Å². The summed E-state index contributed by atoms with van der Waals surface area (Å²) in [7, 11) is 0. The number of hydrogen-bond acceptors (Lipinski definition) is 5. The molecule has 0 aliphatic rings. The zero-order valence-electron chi connectivity index (χ0n) is 17.3. The van der Waals surface area contributed by atoms with Gasteiger partial charge in [0, 0.05) is 28.8 Å². The molecule has 1 heterocycles. The van der Waals surface area contributed by atoms with Crippen molar-refractivity contribution in [3.8, 4) is 0 Å². The number of carbonyl (C=O) groups excluding carboxylic acids is 1. The Hall–Kier alpha value is -3.67. The Kier molecular flexibility index (Phi) is 7.91. The topological polar surface area (TPSA) is 78.9 Å². The molecule has 1 amide bonds. The quantitative estimate of drug-likeness (QED) is 0.469. The van der Waals surface area contributed by atoms with Gasteiger partial charge in [-0.3, -0.25) is 4.79 Å². The highest BCUT2D eigenvalue weighted by atomic mass is 16.1.